The van der Waals surface area contributed by atoms with Gasteiger partial charge in [0.2, 0.25) is 7.29 Å². The van der Waals surface area contributed by atoms with E-state index in [9.17, 15) is 9.67 Å². The highest BCUT2D eigenvalue weighted by atomic mass is 31.2. The molecule has 0 saturated heterocycles. The van der Waals surface area contributed by atoms with Crippen molar-refractivity contribution in [2.75, 3.05) is 6.61 Å². The van der Waals surface area contributed by atoms with Crippen LogP contribution in [0, 0.1) is 0 Å². The summed E-state index contributed by atoms with van der Waals surface area (Å²) in [5.41, 5.74) is 0. The Morgan fingerprint density at radius 2 is 1.52 bits per heavy atom. The molecule has 2 aromatic carbocycles. The third-order valence-corrected chi connectivity index (χ3v) is 6.88. The van der Waals surface area contributed by atoms with Crippen molar-refractivity contribution in [1.29, 1.82) is 0 Å². The van der Waals surface area contributed by atoms with E-state index in [-0.39, 0.29) is 12.6 Å². The molecule has 0 amide bonds. The molecule has 120 valence electrons. The Labute approximate surface area is 136 Å². The predicted molar refractivity (Wildman–Crippen MR) is 92.2 cm³/mol. The monoisotopic (exact) mass is 329 g/mol. The molecular weight excluding hydrogens is 309 g/mol. The Morgan fingerprint density at radius 1 is 1.00 bits per heavy atom. The minimum absolute atomic E-state index is 0.150. The molecule has 0 unspecified atom stereocenters. The Hall–Kier alpha value is -1.71. The highest BCUT2D eigenvalue weighted by Crippen LogP contribution is 2.50. The number of rotatable bonds is 4. The van der Waals surface area contributed by atoms with E-state index in [0.717, 1.165) is 0 Å². The van der Waals surface area contributed by atoms with E-state index < -0.39 is 13.4 Å². The molecule has 0 bridgehead atoms. The molecule has 0 aliphatic carbocycles. The first-order valence-corrected chi connectivity index (χ1v) is 9.29. The van der Waals surface area contributed by atoms with Crippen LogP contribution in [0.2, 0.25) is 0 Å². The maximum absolute atomic E-state index is 14.1. The van der Waals surface area contributed by atoms with Crippen molar-refractivity contribution in [2.24, 2.45) is 0 Å². The minimum Gasteiger partial charge on any atom is -0.393 e. The van der Waals surface area contributed by atoms with Gasteiger partial charge in [-0.3, -0.25) is 9.40 Å². The third-order valence-electron chi connectivity index (χ3n) is 3.87. The van der Waals surface area contributed by atoms with Crippen molar-refractivity contribution < 1.29 is 14.5 Å². The van der Waals surface area contributed by atoms with E-state index >= 15 is 0 Å². The molecule has 0 aromatic heterocycles. The lowest BCUT2D eigenvalue weighted by molar-refractivity contribution is -0.148. The van der Waals surface area contributed by atoms with Crippen LogP contribution in [-0.4, -0.2) is 28.7 Å². The zero-order valence-corrected chi connectivity index (χ0v) is 13.8. The summed E-state index contributed by atoms with van der Waals surface area (Å²) in [6.45, 7) is 1.78. The smallest absolute Gasteiger partial charge is 0.229 e. The fraction of sp³-hybridized carbons (Fsp3) is 0.222. The lowest BCUT2D eigenvalue weighted by Crippen LogP contribution is -2.42. The first-order valence-electron chi connectivity index (χ1n) is 7.63. The van der Waals surface area contributed by atoms with E-state index in [2.05, 4.69) is 0 Å². The number of hydrogen-bond acceptors (Lipinski definition) is 3. The summed E-state index contributed by atoms with van der Waals surface area (Å²) in [6.07, 6.45) is 3.25. The van der Waals surface area contributed by atoms with Crippen LogP contribution in [-0.2, 0) is 9.40 Å². The van der Waals surface area contributed by atoms with Gasteiger partial charge in [0.05, 0.1) is 12.6 Å². The molecule has 0 saturated carbocycles. The van der Waals surface area contributed by atoms with Gasteiger partial charge in [-0.05, 0) is 31.2 Å². The summed E-state index contributed by atoms with van der Waals surface area (Å²) in [5, 5.41) is 10.8. The molecule has 2 atom stereocenters. The molecule has 1 aliphatic rings. The molecule has 2 aromatic rings. The number of hydroxylamine groups is 1. The minimum atomic E-state index is -3.16. The highest BCUT2D eigenvalue weighted by molar-refractivity contribution is 7.76. The van der Waals surface area contributed by atoms with Crippen LogP contribution in [0.5, 0.6) is 0 Å². The maximum Gasteiger partial charge on any atom is 0.229 e. The first kappa shape index (κ1) is 16.2. The van der Waals surface area contributed by atoms with Crippen LogP contribution < -0.4 is 10.6 Å². The van der Waals surface area contributed by atoms with Gasteiger partial charge < -0.3 is 5.11 Å². The molecule has 5 heteroatoms. The van der Waals surface area contributed by atoms with Crippen LogP contribution >= 0.6 is 7.29 Å². The molecular formula is C18H20NO3P. The van der Waals surface area contributed by atoms with Crippen molar-refractivity contribution >= 4 is 17.9 Å². The van der Waals surface area contributed by atoms with Gasteiger partial charge in [-0.2, -0.15) is 0 Å². The molecule has 0 fully saturated rings. The predicted octanol–water partition coefficient (Wildman–Crippen LogP) is 2.47. The lowest BCUT2D eigenvalue weighted by atomic mass is 10.2. The van der Waals surface area contributed by atoms with E-state index in [1.165, 1.54) is 0 Å². The van der Waals surface area contributed by atoms with Gasteiger partial charge in [0.1, 0.15) is 6.10 Å². The largest absolute Gasteiger partial charge is 0.393 e. The standard InChI is InChI=1S/C18H20NO3P/c1-15-12-13-16(14-20)22-19(15)23(21,17-8-4-2-5-9-17)18-10-6-3-7-11-18/h2-13,15-16,20H,14H2,1H3/t15-,16-/m0/s1. The van der Waals surface area contributed by atoms with Crippen molar-refractivity contribution in [3.63, 3.8) is 0 Å². The number of aliphatic hydroxyl groups excluding tert-OH is 1. The zero-order chi connectivity index (χ0) is 16.3. The molecule has 0 radical (unpaired) electrons. The van der Waals surface area contributed by atoms with Gasteiger partial charge in [-0.15, -0.1) is 4.83 Å². The number of hydrogen-bond donors (Lipinski definition) is 1. The van der Waals surface area contributed by atoms with E-state index in [4.69, 9.17) is 4.84 Å². The second-order valence-electron chi connectivity index (χ2n) is 5.50. The van der Waals surface area contributed by atoms with Crippen LogP contribution in [0.25, 0.3) is 0 Å². The summed E-state index contributed by atoms with van der Waals surface area (Å²) in [6, 6.07) is 18.6. The molecule has 1 aliphatic heterocycles. The van der Waals surface area contributed by atoms with Crippen molar-refractivity contribution in [2.45, 2.75) is 19.1 Å². The summed E-state index contributed by atoms with van der Waals surface area (Å²) in [4.78, 5) is 7.41. The second kappa shape index (κ2) is 6.81. The summed E-state index contributed by atoms with van der Waals surface area (Å²) < 4.78 is 14.1. The first-order chi connectivity index (χ1) is 11.2. The molecule has 1 N–H and O–H groups in total. The number of nitrogens with zero attached hydrogens (tertiary/aromatic N) is 1. The Morgan fingerprint density at radius 3 is 2.00 bits per heavy atom. The van der Waals surface area contributed by atoms with Crippen molar-refractivity contribution in [1.82, 2.24) is 4.83 Å². The topological polar surface area (TPSA) is 49.8 Å². The quantitative estimate of drug-likeness (QED) is 0.692. The average Bonchev–Trinajstić information content (AvgIpc) is 2.63. The maximum atomic E-state index is 14.1. The number of benzene rings is 2. The fourth-order valence-corrected chi connectivity index (χ4v) is 5.43. The van der Waals surface area contributed by atoms with Gasteiger partial charge in [0, 0.05) is 10.6 Å². The Bertz CT molecular complexity index is 674. The normalized spacial score (nSPS) is 22.2. The fourth-order valence-electron chi connectivity index (χ4n) is 2.68. The van der Waals surface area contributed by atoms with E-state index in [1.54, 1.807) is 4.83 Å². The average molecular weight is 329 g/mol. The van der Waals surface area contributed by atoms with Crippen LogP contribution in [0.1, 0.15) is 6.92 Å². The molecule has 0 spiro atoms. The zero-order valence-electron chi connectivity index (χ0n) is 12.9. The number of aliphatic hydroxyl groups is 1. The van der Waals surface area contributed by atoms with E-state index in [0.29, 0.717) is 10.6 Å². The van der Waals surface area contributed by atoms with E-state index in [1.807, 2.05) is 79.7 Å². The van der Waals surface area contributed by atoms with Crippen molar-refractivity contribution in [3.8, 4) is 0 Å². The van der Waals surface area contributed by atoms with Crippen LogP contribution in [0.4, 0.5) is 0 Å². The lowest BCUT2D eigenvalue weighted by Gasteiger charge is -2.38. The molecule has 23 heavy (non-hydrogen) atoms. The van der Waals surface area contributed by atoms with Gasteiger partial charge in [0.25, 0.3) is 0 Å². The second-order valence-corrected chi connectivity index (χ2v) is 8.08. The van der Waals surface area contributed by atoms with Crippen LogP contribution in [0.15, 0.2) is 72.8 Å². The highest BCUT2D eigenvalue weighted by Gasteiger charge is 2.40. The van der Waals surface area contributed by atoms with Crippen molar-refractivity contribution in [3.05, 3.63) is 72.8 Å². The summed E-state index contributed by atoms with van der Waals surface area (Å²) in [7, 11) is -3.16. The summed E-state index contributed by atoms with van der Waals surface area (Å²) in [5.74, 6) is 0. The third kappa shape index (κ3) is 3.04. The summed E-state index contributed by atoms with van der Waals surface area (Å²) >= 11 is 0. The molecule has 4 nitrogen and oxygen atoms in total. The Kier molecular flexibility index (Phi) is 4.79. The SMILES string of the molecule is C[C@H]1C=C[C@@H](CO)ON1P(=O)(c1ccccc1)c1ccccc1. The van der Waals surface area contributed by atoms with Gasteiger partial charge >= 0.3 is 0 Å². The molecule has 1 heterocycles. The van der Waals surface area contributed by atoms with Gasteiger partial charge in [-0.1, -0.05) is 48.6 Å². The van der Waals surface area contributed by atoms with Gasteiger partial charge in [0.15, 0.2) is 0 Å². The Balaban J connectivity index is 2.14. The molecule has 3 rings (SSSR count). The van der Waals surface area contributed by atoms with Gasteiger partial charge in [-0.25, -0.2) is 0 Å². The van der Waals surface area contributed by atoms with Crippen LogP contribution in [0.3, 0.4) is 0 Å².